The Hall–Kier alpha value is -2.73. The molecule has 0 saturated carbocycles. The molecule has 0 unspecified atom stereocenters. The molecular weight excluding hydrogens is 396 g/mol. The zero-order valence-electron chi connectivity index (χ0n) is 17.1. The minimum atomic E-state index is -0.201. The average molecular weight is 423 g/mol. The van der Waals surface area contributed by atoms with E-state index in [4.69, 9.17) is 4.74 Å². The summed E-state index contributed by atoms with van der Waals surface area (Å²) in [6.07, 6.45) is 5.14. The molecule has 1 fully saturated rings. The Labute approximate surface area is 181 Å². The van der Waals surface area contributed by atoms with Crippen molar-refractivity contribution in [1.82, 2.24) is 4.90 Å². The second-order valence-electron chi connectivity index (χ2n) is 7.59. The zero-order chi connectivity index (χ0) is 20.9. The predicted molar refractivity (Wildman–Crippen MR) is 122 cm³/mol. The summed E-state index contributed by atoms with van der Waals surface area (Å²) in [5, 5.41) is 10.7. The Bertz CT molecular complexity index is 964. The number of hydrogen-bond donors (Lipinski definition) is 1. The lowest BCUT2D eigenvalue weighted by Gasteiger charge is -2.32. The van der Waals surface area contributed by atoms with Gasteiger partial charge in [-0.2, -0.15) is 4.99 Å². The van der Waals surface area contributed by atoms with Gasteiger partial charge in [0.25, 0.3) is 5.91 Å². The molecule has 2 aliphatic heterocycles. The Kier molecular flexibility index (Phi) is 6.43. The molecule has 2 aromatic rings. The number of amides is 1. The monoisotopic (exact) mass is 422 g/mol. The van der Waals surface area contributed by atoms with Crippen molar-refractivity contribution in [2.24, 2.45) is 10.9 Å². The highest BCUT2D eigenvalue weighted by Gasteiger charge is 2.29. The Morgan fingerprint density at radius 3 is 2.70 bits per heavy atom. The molecule has 6 heteroatoms. The summed E-state index contributed by atoms with van der Waals surface area (Å²) in [5.41, 5.74) is 2.20. The topological polar surface area (TPSA) is 62.1 Å². The number of thioether (sulfide) groups is 1. The van der Waals surface area contributed by atoms with E-state index in [0.29, 0.717) is 23.2 Å². The number of amidine groups is 1. The SMILES string of the molecule is CCOc1cc(/C=C2\SC(N3CCC(Cc4ccccc4)CC3)=NC2=O)ccc1O. The number of benzene rings is 2. The van der Waals surface area contributed by atoms with Crippen LogP contribution in [0.4, 0.5) is 0 Å². The number of rotatable bonds is 5. The number of carbonyl (C=O) groups is 1. The van der Waals surface area contributed by atoms with E-state index >= 15 is 0 Å². The smallest absolute Gasteiger partial charge is 0.286 e. The molecule has 0 aliphatic carbocycles. The lowest BCUT2D eigenvalue weighted by atomic mass is 9.90. The number of piperidine rings is 1. The average Bonchev–Trinajstić information content (AvgIpc) is 3.12. The van der Waals surface area contributed by atoms with E-state index in [0.717, 1.165) is 43.1 Å². The molecule has 156 valence electrons. The second-order valence-corrected chi connectivity index (χ2v) is 8.60. The molecule has 30 heavy (non-hydrogen) atoms. The van der Waals surface area contributed by atoms with Crippen molar-refractivity contribution in [3.05, 3.63) is 64.6 Å². The third-order valence-corrected chi connectivity index (χ3v) is 6.49. The Morgan fingerprint density at radius 1 is 1.20 bits per heavy atom. The normalized spacial score (nSPS) is 18.7. The first-order valence-corrected chi connectivity index (χ1v) is 11.2. The molecule has 4 rings (SSSR count). The maximum atomic E-state index is 12.4. The van der Waals surface area contributed by atoms with E-state index < -0.39 is 0 Å². The number of carbonyl (C=O) groups excluding carboxylic acids is 1. The second kappa shape index (κ2) is 9.39. The van der Waals surface area contributed by atoms with Gasteiger partial charge in [-0.15, -0.1) is 0 Å². The molecule has 1 amide bonds. The third kappa shape index (κ3) is 4.87. The predicted octanol–water partition coefficient (Wildman–Crippen LogP) is 4.72. The van der Waals surface area contributed by atoms with E-state index in [-0.39, 0.29) is 11.7 Å². The summed E-state index contributed by atoms with van der Waals surface area (Å²) in [4.78, 5) is 19.6. The van der Waals surface area contributed by atoms with Crippen molar-refractivity contribution in [2.45, 2.75) is 26.2 Å². The molecule has 1 N–H and O–H groups in total. The van der Waals surface area contributed by atoms with Crippen molar-refractivity contribution in [2.75, 3.05) is 19.7 Å². The van der Waals surface area contributed by atoms with Gasteiger partial charge in [0.1, 0.15) is 0 Å². The maximum absolute atomic E-state index is 12.4. The molecule has 2 heterocycles. The summed E-state index contributed by atoms with van der Waals surface area (Å²) >= 11 is 1.43. The van der Waals surface area contributed by atoms with Crippen LogP contribution < -0.4 is 4.74 Å². The molecule has 0 aromatic heterocycles. The van der Waals surface area contributed by atoms with Crippen molar-refractivity contribution in [3.8, 4) is 11.5 Å². The van der Waals surface area contributed by atoms with Crippen LogP contribution in [0.15, 0.2) is 58.4 Å². The number of likely N-dealkylation sites (tertiary alicyclic amines) is 1. The Balaban J connectivity index is 1.36. The van der Waals surface area contributed by atoms with Crippen LogP contribution in [0.25, 0.3) is 6.08 Å². The first-order chi connectivity index (χ1) is 14.6. The van der Waals surface area contributed by atoms with Crippen molar-refractivity contribution < 1.29 is 14.6 Å². The lowest BCUT2D eigenvalue weighted by molar-refractivity contribution is -0.113. The molecule has 0 atom stereocenters. The molecule has 0 radical (unpaired) electrons. The van der Waals surface area contributed by atoms with E-state index in [9.17, 15) is 9.90 Å². The van der Waals surface area contributed by atoms with Gasteiger partial charge in [0.05, 0.1) is 11.5 Å². The minimum absolute atomic E-state index is 0.0970. The maximum Gasteiger partial charge on any atom is 0.286 e. The van der Waals surface area contributed by atoms with Crippen LogP contribution in [0.5, 0.6) is 11.5 Å². The van der Waals surface area contributed by atoms with Crippen LogP contribution in [0.1, 0.15) is 30.9 Å². The first-order valence-electron chi connectivity index (χ1n) is 10.4. The molecule has 0 bridgehead atoms. The van der Waals surface area contributed by atoms with Gasteiger partial charge in [0.15, 0.2) is 16.7 Å². The van der Waals surface area contributed by atoms with Gasteiger partial charge < -0.3 is 14.7 Å². The van der Waals surface area contributed by atoms with Crippen molar-refractivity contribution in [3.63, 3.8) is 0 Å². The zero-order valence-corrected chi connectivity index (χ0v) is 17.9. The van der Waals surface area contributed by atoms with Crippen LogP contribution >= 0.6 is 11.8 Å². The fourth-order valence-corrected chi connectivity index (χ4v) is 4.82. The molecular formula is C24H26N2O3S. The summed E-state index contributed by atoms with van der Waals surface area (Å²) in [5.74, 6) is 0.992. The van der Waals surface area contributed by atoms with Crippen molar-refractivity contribution >= 4 is 28.9 Å². The highest BCUT2D eigenvalue weighted by molar-refractivity contribution is 8.18. The highest BCUT2D eigenvalue weighted by Crippen LogP contribution is 2.34. The van der Waals surface area contributed by atoms with Crippen LogP contribution in [0, 0.1) is 5.92 Å². The number of aromatic hydroxyl groups is 1. The van der Waals surface area contributed by atoms with Crippen molar-refractivity contribution in [1.29, 1.82) is 0 Å². The number of ether oxygens (including phenoxy) is 1. The first kappa shape index (κ1) is 20.5. The van der Waals surface area contributed by atoms with Gasteiger partial charge in [0, 0.05) is 13.1 Å². The van der Waals surface area contributed by atoms with Crippen LogP contribution in [0.3, 0.4) is 0 Å². The number of phenolic OH excluding ortho intramolecular Hbond substituents is 1. The van der Waals surface area contributed by atoms with Gasteiger partial charge in [-0.25, -0.2) is 0 Å². The fourth-order valence-electron chi connectivity index (χ4n) is 3.85. The van der Waals surface area contributed by atoms with Crippen LogP contribution in [-0.4, -0.2) is 40.8 Å². The van der Waals surface area contributed by atoms with Gasteiger partial charge in [-0.1, -0.05) is 36.4 Å². The summed E-state index contributed by atoms with van der Waals surface area (Å²) < 4.78 is 5.43. The highest BCUT2D eigenvalue weighted by atomic mass is 32.2. The third-order valence-electron chi connectivity index (χ3n) is 5.44. The standard InChI is InChI=1S/C24H26N2O3S/c1-2-29-21-15-19(8-9-20(21)27)16-22-23(28)25-24(30-22)26-12-10-18(11-13-26)14-17-6-4-3-5-7-17/h3-9,15-16,18,27H,2,10-14H2,1H3/b22-16-. The number of aliphatic imine (C=N–C) groups is 1. The van der Waals surface area contributed by atoms with E-state index in [2.05, 4.69) is 40.2 Å². The molecule has 0 spiro atoms. The molecule has 2 aromatic carbocycles. The van der Waals surface area contributed by atoms with Gasteiger partial charge in [-0.3, -0.25) is 4.79 Å². The number of phenols is 1. The van der Waals surface area contributed by atoms with Gasteiger partial charge >= 0.3 is 0 Å². The summed E-state index contributed by atoms with van der Waals surface area (Å²) in [6.45, 7) is 4.19. The van der Waals surface area contributed by atoms with E-state index in [1.807, 2.05) is 13.0 Å². The number of nitrogens with zero attached hydrogens (tertiary/aromatic N) is 2. The quantitative estimate of drug-likeness (QED) is 0.707. The van der Waals surface area contributed by atoms with Crippen LogP contribution in [0.2, 0.25) is 0 Å². The molecule has 5 nitrogen and oxygen atoms in total. The summed E-state index contributed by atoms with van der Waals surface area (Å²) in [7, 11) is 0. The van der Waals surface area contributed by atoms with Gasteiger partial charge in [0.2, 0.25) is 0 Å². The Morgan fingerprint density at radius 2 is 1.97 bits per heavy atom. The van der Waals surface area contributed by atoms with E-state index in [1.54, 1.807) is 18.2 Å². The largest absolute Gasteiger partial charge is 0.504 e. The summed E-state index contributed by atoms with van der Waals surface area (Å²) in [6, 6.07) is 15.7. The molecule has 2 aliphatic rings. The van der Waals surface area contributed by atoms with E-state index in [1.165, 1.54) is 17.3 Å². The number of hydrogen-bond acceptors (Lipinski definition) is 5. The lowest BCUT2D eigenvalue weighted by Crippen LogP contribution is -2.37. The fraction of sp³-hybridized carbons (Fsp3) is 0.333. The molecule has 1 saturated heterocycles. The van der Waals surface area contributed by atoms with Gasteiger partial charge in [-0.05, 0) is 73.2 Å². The minimum Gasteiger partial charge on any atom is -0.504 e. The van der Waals surface area contributed by atoms with Crippen LogP contribution in [-0.2, 0) is 11.2 Å².